The first-order valence-electron chi connectivity index (χ1n) is 5.17. The molecule has 80 valence electrons. The molecule has 2 aliphatic rings. The molecule has 1 heterocycles. The summed E-state index contributed by atoms with van der Waals surface area (Å²) in [6.07, 6.45) is 11.9. The maximum absolute atomic E-state index is 4.20. The van der Waals surface area contributed by atoms with Gasteiger partial charge in [-0.2, -0.15) is 0 Å². The highest BCUT2D eigenvalue weighted by Gasteiger charge is 2.27. The summed E-state index contributed by atoms with van der Waals surface area (Å²) in [5.74, 6) is 0.664. The van der Waals surface area contributed by atoms with Crippen LogP contribution in [-0.2, 0) is 0 Å². The molecule has 0 saturated carbocycles. The number of nitrogens with one attached hydrogen (secondary N) is 1. The number of rotatable bonds is 1. The molecule has 1 N–H and O–H groups in total. The Morgan fingerprint density at radius 1 is 1.60 bits per heavy atom. The van der Waals surface area contributed by atoms with Crippen molar-refractivity contribution in [2.24, 2.45) is 10.9 Å². The zero-order chi connectivity index (χ0) is 10.9. The topological polar surface area (TPSA) is 24.4 Å². The fourth-order valence-corrected chi connectivity index (χ4v) is 2.59. The Kier molecular flexibility index (Phi) is 3.00. The molecule has 0 fully saturated rings. The summed E-state index contributed by atoms with van der Waals surface area (Å²) in [4.78, 5) is 4.20. The Balaban J connectivity index is 2.24. The van der Waals surface area contributed by atoms with Crippen LogP contribution >= 0.6 is 22.6 Å². The quantitative estimate of drug-likeness (QED) is 0.583. The van der Waals surface area contributed by atoms with Crippen LogP contribution in [0.2, 0.25) is 0 Å². The van der Waals surface area contributed by atoms with E-state index in [4.69, 9.17) is 0 Å². The van der Waals surface area contributed by atoms with Crippen LogP contribution in [0.15, 0.2) is 38.6 Å². The SMILES string of the molecule is CC1C=CC(C2(C)C=C(I)N=CN2)=CC1. The normalized spacial score (nSPS) is 34.5. The maximum Gasteiger partial charge on any atom is 0.101 e. The zero-order valence-electron chi connectivity index (χ0n) is 9.00. The third kappa shape index (κ3) is 2.33. The van der Waals surface area contributed by atoms with Crippen LogP contribution < -0.4 is 5.32 Å². The Labute approximate surface area is 104 Å². The summed E-state index contributed by atoms with van der Waals surface area (Å²) in [7, 11) is 0. The van der Waals surface area contributed by atoms with Gasteiger partial charge in [0.1, 0.15) is 3.70 Å². The summed E-state index contributed by atoms with van der Waals surface area (Å²) in [6.45, 7) is 4.42. The van der Waals surface area contributed by atoms with E-state index in [1.54, 1.807) is 6.34 Å². The molecule has 0 spiro atoms. The Morgan fingerprint density at radius 2 is 2.40 bits per heavy atom. The van der Waals surface area contributed by atoms with Crippen molar-refractivity contribution in [1.82, 2.24) is 5.32 Å². The molecular formula is C12H15IN2. The zero-order valence-corrected chi connectivity index (χ0v) is 11.2. The van der Waals surface area contributed by atoms with E-state index in [9.17, 15) is 0 Å². The lowest BCUT2D eigenvalue weighted by Crippen LogP contribution is -2.43. The van der Waals surface area contributed by atoms with E-state index < -0.39 is 0 Å². The number of nitrogens with zero attached hydrogens (tertiary/aromatic N) is 1. The second-order valence-corrected chi connectivity index (χ2v) is 5.41. The maximum atomic E-state index is 4.20. The van der Waals surface area contributed by atoms with E-state index >= 15 is 0 Å². The van der Waals surface area contributed by atoms with Crippen molar-refractivity contribution in [1.29, 1.82) is 0 Å². The first kappa shape index (κ1) is 10.9. The molecule has 2 nitrogen and oxygen atoms in total. The predicted octanol–water partition coefficient (Wildman–Crippen LogP) is 3.18. The van der Waals surface area contributed by atoms with Crippen LogP contribution in [0.5, 0.6) is 0 Å². The fraction of sp³-hybridized carbons (Fsp3) is 0.417. The van der Waals surface area contributed by atoms with Crippen LogP contribution in [0.4, 0.5) is 0 Å². The van der Waals surface area contributed by atoms with Crippen molar-refractivity contribution < 1.29 is 0 Å². The van der Waals surface area contributed by atoms with E-state index in [2.05, 4.69) is 71.1 Å². The van der Waals surface area contributed by atoms with Gasteiger partial charge in [0, 0.05) is 0 Å². The molecular weight excluding hydrogens is 299 g/mol. The first-order chi connectivity index (χ1) is 7.10. The van der Waals surface area contributed by atoms with Gasteiger partial charge >= 0.3 is 0 Å². The molecule has 0 amide bonds. The largest absolute Gasteiger partial charge is 0.363 e. The first-order valence-corrected chi connectivity index (χ1v) is 6.25. The molecule has 0 radical (unpaired) electrons. The molecule has 2 atom stereocenters. The number of allylic oxidation sites excluding steroid dienone is 2. The minimum absolute atomic E-state index is 0.0884. The summed E-state index contributed by atoms with van der Waals surface area (Å²) in [6, 6.07) is 0. The summed E-state index contributed by atoms with van der Waals surface area (Å²) in [5, 5.41) is 3.32. The third-order valence-electron chi connectivity index (χ3n) is 2.87. The Morgan fingerprint density at radius 3 is 3.00 bits per heavy atom. The monoisotopic (exact) mass is 314 g/mol. The average Bonchev–Trinajstić information content (AvgIpc) is 2.18. The minimum atomic E-state index is -0.0884. The molecule has 1 aliphatic carbocycles. The lowest BCUT2D eigenvalue weighted by atomic mass is 9.85. The lowest BCUT2D eigenvalue weighted by Gasteiger charge is -2.32. The molecule has 0 aromatic rings. The van der Waals surface area contributed by atoms with Gasteiger partial charge in [-0.1, -0.05) is 25.2 Å². The minimum Gasteiger partial charge on any atom is -0.363 e. The molecule has 15 heavy (non-hydrogen) atoms. The summed E-state index contributed by atoms with van der Waals surface area (Å²) in [5.41, 5.74) is 1.25. The predicted molar refractivity (Wildman–Crippen MR) is 73.1 cm³/mol. The van der Waals surface area contributed by atoms with Crippen molar-refractivity contribution in [3.8, 4) is 0 Å². The summed E-state index contributed by atoms with van der Waals surface area (Å²) >= 11 is 2.25. The third-order valence-corrected chi connectivity index (χ3v) is 3.46. The smallest absolute Gasteiger partial charge is 0.101 e. The van der Waals surface area contributed by atoms with Crippen molar-refractivity contribution >= 4 is 28.9 Å². The van der Waals surface area contributed by atoms with Crippen molar-refractivity contribution in [3.05, 3.63) is 33.6 Å². The number of aliphatic imine (C=N–C) groups is 1. The van der Waals surface area contributed by atoms with Gasteiger partial charge in [0.15, 0.2) is 0 Å². The molecule has 1 aliphatic heterocycles. The average molecular weight is 314 g/mol. The van der Waals surface area contributed by atoms with Gasteiger partial charge in [-0.3, -0.25) is 0 Å². The van der Waals surface area contributed by atoms with Crippen LogP contribution in [0.3, 0.4) is 0 Å². The van der Waals surface area contributed by atoms with Crippen LogP contribution in [-0.4, -0.2) is 11.9 Å². The number of hydrogen-bond donors (Lipinski definition) is 1. The second kappa shape index (κ2) is 4.12. The number of halogens is 1. The molecule has 0 aromatic heterocycles. The molecule has 0 bridgehead atoms. The van der Waals surface area contributed by atoms with E-state index in [0.29, 0.717) is 5.92 Å². The van der Waals surface area contributed by atoms with Crippen LogP contribution in [0.1, 0.15) is 20.3 Å². The Bertz CT molecular complexity index is 379. The fourth-order valence-electron chi connectivity index (χ4n) is 1.82. The molecule has 2 rings (SSSR count). The lowest BCUT2D eigenvalue weighted by molar-refractivity contribution is 0.600. The van der Waals surface area contributed by atoms with Gasteiger partial charge in [-0.15, -0.1) is 0 Å². The number of hydrogen-bond acceptors (Lipinski definition) is 2. The van der Waals surface area contributed by atoms with Gasteiger partial charge in [0.2, 0.25) is 0 Å². The van der Waals surface area contributed by atoms with Crippen LogP contribution in [0.25, 0.3) is 0 Å². The molecule has 3 heteroatoms. The van der Waals surface area contributed by atoms with E-state index in [1.807, 2.05) is 0 Å². The second-order valence-electron chi connectivity index (χ2n) is 4.30. The van der Waals surface area contributed by atoms with Gasteiger partial charge in [0.05, 0.1) is 11.9 Å². The molecule has 2 unspecified atom stereocenters. The molecule has 0 saturated heterocycles. The van der Waals surface area contributed by atoms with Gasteiger partial charge in [-0.25, -0.2) is 4.99 Å². The van der Waals surface area contributed by atoms with Crippen molar-refractivity contribution in [3.63, 3.8) is 0 Å². The van der Waals surface area contributed by atoms with Gasteiger partial charge in [-0.05, 0) is 53.5 Å². The molecule has 0 aromatic carbocycles. The van der Waals surface area contributed by atoms with E-state index in [-0.39, 0.29) is 5.54 Å². The van der Waals surface area contributed by atoms with Gasteiger partial charge in [0.25, 0.3) is 0 Å². The van der Waals surface area contributed by atoms with E-state index in [1.165, 1.54) is 5.57 Å². The highest BCUT2D eigenvalue weighted by atomic mass is 127. The van der Waals surface area contributed by atoms with Crippen molar-refractivity contribution in [2.75, 3.05) is 0 Å². The Hall–Kier alpha value is -0.580. The van der Waals surface area contributed by atoms with Crippen molar-refractivity contribution in [2.45, 2.75) is 25.8 Å². The van der Waals surface area contributed by atoms with E-state index in [0.717, 1.165) is 10.1 Å². The van der Waals surface area contributed by atoms with Gasteiger partial charge < -0.3 is 5.32 Å². The summed E-state index contributed by atoms with van der Waals surface area (Å²) < 4.78 is 1.04. The standard InChI is InChI=1S/C12H15IN2/c1-9-3-5-10(6-4-9)12(2)7-11(13)14-8-15-12/h3,5-9H,4H2,1-2H3,(H,14,15). The highest BCUT2D eigenvalue weighted by Crippen LogP contribution is 2.29. The highest BCUT2D eigenvalue weighted by molar-refractivity contribution is 14.1. The van der Waals surface area contributed by atoms with Crippen LogP contribution in [0, 0.1) is 5.92 Å².